The Labute approximate surface area is 108 Å². The molecular formula is C14H19N3O. The highest BCUT2D eigenvalue weighted by atomic mass is 16.5. The van der Waals surface area contributed by atoms with E-state index in [0.29, 0.717) is 6.61 Å². The molecule has 0 saturated heterocycles. The summed E-state index contributed by atoms with van der Waals surface area (Å²) in [5.41, 5.74) is 3.26. The van der Waals surface area contributed by atoms with Crippen molar-refractivity contribution in [3.05, 3.63) is 41.7 Å². The Morgan fingerprint density at radius 2 is 2.11 bits per heavy atom. The van der Waals surface area contributed by atoms with E-state index in [9.17, 15) is 0 Å². The minimum absolute atomic E-state index is 0.640. The molecule has 0 spiro atoms. The number of aryl methyl sites for hydroxylation is 1. The predicted octanol–water partition coefficient (Wildman–Crippen LogP) is 2.41. The summed E-state index contributed by atoms with van der Waals surface area (Å²) in [6.45, 7) is 2.64. The highest BCUT2D eigenvalue weighted by molar-refractivity contribution is 5.49. The van der Waals surface area contributed by atoms with Gasteiger partial charge >= 0.3 is 0 Å². The van der Waals surface area contributed by atoms with Crippen molar-refractivity contribution < 1.29 is 4.74 Å². The van der Waals surface area contributed by atoms with Crippen LogP contribution in [0.4, 0.5) is 5.69 Å². The highest BCUT2D eigenvalue weighted by Crippen LogP contribution is 2.19. The Morgan fingerprint density at radius 3 is 2.78 bits per heavy atom. The van der Waals surface area contributed by atoms with Crippen molar-refractivity contribution in [3.8, 4) is 5.75 Å². The van der Waals surface area contributed by atoms with Gasteiger partial charge in [0.15, 0.2) is 0 Å². The number of aromatic amines is 1. The van der Waals surface area contributed by atoms with E-state index < -0.39 is 0 Å². The first-order valence-corrected chi connectivity index (χ1v) is 6.06. The maximum atomic E-state index is 5.73. The zero-order valence-electron chi connectivity index (χ0n) is 11.1. The second-order valence-corrected chi connectivity index (χ2v) is 4.53. The average molecular weight is 245 g/mol. The molecule has 0 atom stereocenters. The monoisotopic (exact) mass is 245 g/mol. The van der Waals surface area contributed by atoms with Gasteiger partial charge in [-0.05, 0) is 25.1 Å². The van der Waals surface area contributed by atoms with Crippen LogP contribution in [0.2, 0.25) is 0 Å². The van der Waals surface area contributed by atoms with Crippen LogP contribution in [0.15, 0.2) is 30.3 Å². The molecule has 0 radical (unpaired) electrons. The van der Waals surface area contributed by atoms with Crippen LogP contribution in [-0.4, -0.2) is 30.9 Å². The lowest BCUT2D eigenvalue weighted by Crippen LogP contribution is -2.09. The number of benzene rings is 1. The van der Waals surface area contributed by atoms with Gasteiger partial charge in [-0.25, -0.2) is 0 Å². The molecule has 0 amide bonds. The molecule has 2 aromatic rings. The van der Waals surface area contributed by atoms with Crippen molar-refractivity contribution in [2.45, 2.75) is 13.3 Å². The van der Waals surface area contributed by atoms with Crippen LogP contribution in [-0.2, 0) is 6.42 Å². The van der Waals surface area contributed by atoms with E-state index in [1.54, 1.807) is 0 Å². The highest BCUT2D eigenvalue weighted by Gasteiger charge is 2.01. The van der Waals surface area contributed by atoms with E-state index in [-0.39, 0.29) is 0 Å². The predicted molar refractivity (Wildman–Crippen MR) is 73.3 cm³/mol. The summed E-state index contributed by atoms with van der Waals surface area (Å²) >= 11 is 0. The van der Waals surface area contributed by atoms with Crippen LogP contribution in [0.1, 0.15) is 11.4 Å². The fourth-order valence-corrected chi connectivity index (χ4v) is 1.73. The summed E-state index contributed by atoms with van der Waals surface area (Å²) in [6.07, 6.45) is 0.816. The van der Waals surface area contributed by atoms with Gasteiger partial charge in [-0.1, -0.05) is 6.07 Å². The van der Waals surface area contributed by atoms with E-state index in [4.69, 9.17) is 4.74 Å². The number of nitrogens with zero attached hydrogens (tertiary/aromatic N) is 2. The lowest BCUT2D eigenvalue weighted by atomic mass is 10.3. The quantitative estimate of drug-likeness (QED) is 0.879. The first-order valence-electron chi connectivity index (χ1n) is 6.06. The molecule has 1 heterocycles. The van der Waals surface area contributed by atoms with E-state index >= 15 is 0 Å². The molecule has 0 unspecified atom stereocenters. The fourth-order valence-electron chi connectivity index (χ4n) is 1.73. The minimum Gasteiger partial charge on any atom is -0.493 e. The molecule has 1 aromatic heterocycles. The van der Waals surface area contributed by atoms with Crippen molar-refractivity contribution in [3.63, 3.8) is 0 Å². The molecule has 0 bridgehead atoms. The van der Waals surface area contributed by atoms with Crippen molar-refractivity contribution in [2.24, 2.45) is 0 Å². The number of aromatic nitrogens is 2. The maximum Gasteiger partial charge on any atom is 0.121 e. The molecule has 0 fully saturated rings. The summed E-state index contributed by atoms with van der Waals surface area (Å²) in [5, 5.41) is 7.11. The summed E-state index contributed by atoms with van der Waals surface area (Å²) in [5.74, 6) is 0.897. The lowest BCUT2D eigenvalue weighted by molar-refractivity contribution is 0.320. The number of H-pyrrole nitrogens is 1. The van der Waals surface area contributed by atoms with Gasteiger partial charge in [0.1, 0.15) is 5.75 Å². The Kier molecular flexibility index (Phi) is 3.87. The van der Waals surface area contributed by atoms with Gasteiger partial charge in [-0.3, -0.25) is 5.10 Å². The molecule has 0 aliphatic rings. The molecule has 4 nitrogen and oxygen atoms in total. The van der Waals surface area contributed by atoms with Gasteiger partial charge in [-0.2, -0.15) is 5.10 Å². The Balaban J connectivity index is 1.88. The van der Waals surface area contributed by atoms with Gasteiger partial charge in [0.2, 0.25) is 0 Å². The molecule has 96 valence electrons. The van der Waals surface area contributed by atoms with Crippen molar-refractivity contribution in [1.29, 1.82) is 0 Å². The van der Waals surface area contributed by atoms with Crippen LogP contribution in [0.25, 0.3) is 0 Å². The molecule has 1 N–H and O–H groups in total. The summed E-state index contributed by atoms with van der Waals surface area (Å²) in [7, 11) is 4.04. The molecule has 18 heavy (non-hydrogen) atoms. The zero-order chi connectivity index (χ0) is 13.0. The topological polar surface area (TPSA) is 41.1 Å². The molecule has 0 aliphatic heterocycles. The summed E-state index contributed by atoms with van der Waals surface area (Å²) in [6, 6.07) is 10.1. The van der Waals surface area contributed by atoms with Crippen LogP contribution in [0, 0.1) is 6.92 Å². The fraction of sp³-hybridized carbons (Fsp3) is 0.357. The molecule has 4 heteroatoms. The van der Waals surface area contributed by atoms with Gasteiger partial charge in [-0.15, -0.1) is 0 Å². The number of hydrogen-bond donors (Lipinski definition) is 1. The average Bonchev–Trinajstić information content (AvgIpc) is 2.75. The largest absolute Gasteiger partial charge is 0.493 e. The van der Waals surface area contributed by atoms with Crippen LogP contribution in [0.3, 0.4) is 0 Å². The van der Waals surface area contributed by atoms with E-state index in [1.807, 2.05) is 45.3 Å². The SMILES string of the molecule is Cc1cc(CCOc2cccc(N(C)C)c2)n[nH]1. The van der Waals surface area contributed by atoms with Crippen LogP contribution >= 0.6 is 0 Å². The van der Waals surface area contributed by atoms with Gasteiger partial charge in [0.05, 0.1) is 12.3 Å². The number of rotatable bonds is 5. The third-order valence-electron chi connectivity index (χ3n) is 2.72. The molecular weight excluding hydrogens is 226 g/mol. The molecule has 0 aliphatic carbocycles. The molecule has 0 saturated carbocycles. The maximum absolute atomic E-state index is 5.73. The second kappa shape index (κ2) is 5.58. The Hall–Kier alpha value is -1.97. The van der Waals surface area contributed by atoms with E-state index in [2.05, 4.69) is 21.2 Å². The normalized spacial score (nSPS) is 10.4. The van der Waals surface area contributed by atoms with Crippen LogP contribution in [0.5, 0.6) is 5.75 Å². The van der Waals surface area contributed by atoms with Crippen molar-refractivity contribution >= 4 is 5.69 Å². The Bertz CT molecular complexity index is 505. The standard InChI is InChI=1S/C14H19N3O/c1-11-9-12(16-15-11)7-8-18-14-6-4-5-13(10-14)17(2)3/h4-6,9-10H,7-8H2,1-3H3,(H,15,16). The van der Waals surface area contributed by atoms with E-state index in [0.717, 1.165) is 29.2 Å². The third-order valence-corrected chi connectivity index (χ3v) is 2.72. The summed E-state index contributed by atoms with van der Waals surface area (Å²) < 4.78 is 5.73. The van der Waals surface area contributed by atoms with Gasteiger partial charge in [0, 0.05) is 38.0 Å². The smallest absolute Gasteiger partial charge is 0.121 e. The number of anilines is 1. The first kappa shape index (κ1) is 12.5. The third kappa shape index (κ3) is 3.26. The second-order valence-electron chi connectivity index (χ2n) is 4.53. The summed E-state index contributed by atoms with van der Waals surface area (Å²) in [4.78, 5) is 2.06. The first-order chi connectivity index (χ1) is 8.65. The Morgan fingerprint density at radius 1 is 1.28 bits per heavy atom. The van der Waals surface area contributed by atoms with Gasteiger partial charge < -0.3 is 9.64 Å². The minimum atomic E-state index is 0.640. The number of hydrogen-bond acceptors (Lipinski definition) is 3. The molecule has 2 rings (SSSR count). The zero-order valence-corrected chi connectivity index (χ0v) is 11.1. The van der Waals surface area contributed by atoms with Gasteiger partial charge in [0.25, 0.3) is 0 Å². The van der Waals surface area contributed by atoms with Crippen molar-refractivity contribution in [1.82, 2.24) is 10.2 Å². The van der Waals surface area contributed by atoms with Crippen LogP contribution < -0.4 is 9.64 Å². The molecule has 1 aromatic carbocycles. The lowest BCUT2D eigenvalue weighted by Gasteiger charge is -2.13. The van der Waals surface area contributed by atoms with E-state index in [1.165, 1.54) is 0 Å². The number of nitrogens with one attached hydrogen (secondary N) is 1. The number of ether oxygens (including phenoxy) is 1. The van der Waals surface area contributed by atoms with Crippen molar-refractivity contribution in [2.75, 3.05) is 25.6 Å².